The number of aromatic nitrogens is 2. The molecule has 19 heavy (non-hydrogen) atoms. The summed E-state index contributed by atoms with van der Waals surface area (Å²) < 4.78 is 11.2. The fraction of sp³-hybridized carbons (Fsp3) is 0.571. The zero-order valence-corrected chi connectivity index (χ0v) is 11.3. The van der Waals surface area contributed by atoms with Crippen LogP contribution in [-0.2, 0) is 6.54 Å². The Labute approximate surface area is 112 Å². The van der Waals surface area contributed by atoms with E-state index in [0.29, 0.717) is 18.4 Å². The smallest absolute Gasteiger partial charge is 0.230 e. The van der Waals surface area contributed by atoms with E-state index in [9.17, 15) is 0 Å². The Morgan fingerprint density at radius 1 is 1.32 bits per heavy atom. The Kier molecular flexibility index (Phi) is 3.38. The molecule has 2 heterocycles. The lowest BCUT2D eigenvalue weighted by molar-refractivity contribution is 0.317. The molecule has 1 saturated carbocycles. The molecule has 102 valence electrons. The lowest BCUT2D eigenvalue weighted by Crippen LogP contribution is -2.17. The third-order valence-corrected chi connectivity index (χ3v) is 3.68. The van der Waals surface area contributed by atoms with Gasteiger partial charge in [-0.25, -0.2) is 0 Å². The van der Waals surface area contributed by atoms with Crippen LogP contribution in [0.5, 0.6) is 0 Å². The summed E-state index contributed by atoms with van der Waals surface area (Å²) in [7, 11) is 0. The molecule has 0 amide bonds. The van der Waals surface area contributed by atoms with E-state index in [1.54, 1.807) is 0 Å². The first-order valence-electron chi connectivity index (χ1n) is 6.84. The molecule has 1 N–H and O–H groups in total. The summed E-state index contributed by atoms with van der Waals surface area (Å²) in [6.45, 7) is 4.57. The van der Waals surface area contributed by atoms with Gasteiger partial charge in [0.1, 0.15) is 11.5 Å². The summed E-state index contributed by atoms with van der Waals surface area (Å²) in [5, 5.41) is 11.5. The van der Waals surface area contributed by atoms with Crippen LogP contribution in [0.1, 0.15) is 61.4 Å². The van der Waals surface area contributed by atoms with Crippen LogP contribution in [0.25, 0.3) is 0 Å². The molecule has 5 nitrogen and oxygen atoms in total. The molecule has 0 saturated heterocycles. The van der Waals surface area contributed by atoms with Crippen molar-refractivity contribution in [1.82, 2.24) is 15.5 Å². The maximum atomic E-state index is 5.66. The Balaban J connectivity index is 1.55. The summed E-state index contributed by atoms with van der Waals surface area (Å²) in [5.41, 5.74) is 0. The number of rotatable bonds is 5. The number of nitrogens with zero attached hydrogens (tertiary/aromatic N) is 2. The van der Waals surface area contributed by atoms with Gasteiger partial charge < -0.3 is 8.83 Å². The molecule has 3 rings (SSSR count). The van der Waals surface area contributed by atoms with Crippen molar-refractivity contribution < 1.29 is 8.83 Å². The fourth-order valence-corrected chi connectivity index (χ4v) is 2.19. The lowest BCUT2D eigenvalue weighted by atomic mass is 9.85. The molecule has 2 aromatic rings. The highest BCUT2D eigenvalue weighted by molar-refractivity contribution is 5.09. The number of hydrogen-bond donors (Lipinski definition) is 1. The Bertz CT molecular complexity index is 542. The first-order valence-corrected chi connectivity index (χ1v) is 6.84. The zero-order valence-electron chi connectivity index (χ0n) is 11.3. The van der Waals surface area contributed by atoms with E-state index < -0.39 is 0 Å². The number of aryl methyl sites for hydroxylation is 1. The van der Waals surface area contributed by atoms with Gasteiger partial charge in [0, 0.05) is 5.92 Å². The van der Waals surface area contributed by atoms with Crippen molar-refractivity contribution in [3.8, 4) is 0 Å². The molecule has 1 fully saturated rings. The van der Waals surface area contributed by atoms with Crippen molar-refractivity contribution in [2.24, 2.45) is 0 Å². The number of nitrogens with one attached hydrogen (secondary N) is 1. The molecule has 0 aromatic carbocycles. The molecule has 1 aliphatic rings. The lowest BCUT2D eigenvalue weighted by Gasteiger charge is -2.20. The van der Waals surface area contributed by atoms with Crippen molar-refractivity contribution in [1.29, 1.82) is 0 Å². The SMILES string of the molecule is Cc1ccc(C(C)NCc2nnc(C3CCC3)o2)o1. The fourth-order valence-electron chi connectivity index (χ4n) is 2.19. The monoisotopic (exact) mass is 261 g/mol. The van der Waals surface area contributed by atoms with E-state index in [1.165, 1.54) is 19.3 Å². The molecular formula is C14H19N3O2. The van der Waals surface area contributed by atoms with Crippen LogP contribution in [-0.4, -0.2) is 10.2 Å². The predicted octanol–water partition coefficient (Wildman–Crippen LogP) is 3.09. The molecule has 0 spiro atoms. The average Bonchev–Trinajstić information content (AvgIpc) is 2.93. The largest absolute Gasteiger partial charge is 0.465 e. The minimum absolute atomic E-state index is 0.132. The van der Waals surface area contributed by atoms with Crippen LogP contribution in [0.15, 0.2) is 21.0 Å². The van der Waals surface area contributed by atoms with Crippen molar-refractivity contribution in [3.05, 3.63) is 35.4 Å². The van der Waals surface area contributed by atoms with Crippen LogP contribution < -0.4 is 5.32 Å². The van der Waals surface area contributed by atoms with Gasteiger partial charge in [-0.15, -0.1) is 10.2 Å². The number of hydrogen-bond acceptors (Lipinski definition) is 5. The highest BCUT2D eigenvalue weighted by Crippen LogP contribution is 2.35. The van der Waals surface area contributed by atoms with Crippen molar-refractivity contribution in [2.75, 3.05) is 0 Å². The quantitative estimate of drug-likeness (QED) is 0.896. The summed E-state index contributed by atoms with van der Waals surface area (Å²) in [4.78, 5) is 0. The van der Waals surface area contributed by atoms with Crippen molar-refractivity contribution >= 4 is 0 Å². The van der Waals surface area contributed by atoms with E-state index >= 15 is 0 Å². The van der Waals surface area contributed by atoms with Crippen LogP contribution in [0.3, 0.4) is 0 Å². The summed E-state index contributed by atoms with van der Waals surface area (Å²) in [6.07, 6.45) is 3.63. The van der Waals surface area contributed by atoms with Crippen molar-refractivity contribution in [3.63, 3.8) is 0 Å². The van der Waals surface area contributed by atoms with E-state index in [-0.39, 0.29) is 6.04 Å². The van der Waals surface area contributed by atoms with E-state index in [0.717, 1.165) is 17.4 Å². The predicted molar refractivity (Wildman–Crippen MR) is 69.6 cm³/mol. The zero-order chi connectivity index (χ0) is 13.2. The van der Waals surface area contributed by atoms with E-state index in [4.69, 9.17) is 8.83 Å². The summed E-state index contributed by atoms with van der Waals surface area (Å²) in [5.74, 6) is 3.79. The molecule has 1 unspecified atom stereocenters. The van der Waals surface area contributed by atoms with Crippen LogP contribution >= 0.6 is 0 Å². The van der Waals surface area contributed by atoms with Gasteiger partial charge in [-0.1, -0.05) is 6.42 Å². The minimum atomic E-state index is 0.132. The molecule has 0 radical (unpaired) electrons. The standard InChI is InChI=1S/C14H19N3O2/c1-9-6-7-12(18-9)10(2)15-8-13-16-17-14(19-13)11-4-3-5-11/h6-7,10-11,15H,3-5,8H2,1-2H3. The second-order valence-electron chi connectivity index (χ2n) is 5.21. The van der Waals surface area contributed by atoms with Crippen LogP contribution in [0.4, 0.5) is 0 Å². The molecule has 0 bridgehead atoms. The molecule has 1 atom stereocenters. The first kappa shape index (κ1) is 12.4. The second kappa shape index (κ2) is 5.17. The third-order valence-electron chi connectivity index (χ3n) is 3.68. The average molecular weight is 261 g/mol. The van der Waals surface area contributed by atoms with Gasteiger partial charge in [-0.3, -0.25) is 5.32 Å². The van der Waals surface area contributed by atoms with Gasteiger partial charge in [0.25, 0.3) is 0 Å². The van der Waals surface area contributed by atoms with Crippen LogP contribution in [0, 0.1) is 6.92 Å². The second-order valence-corrected chi connectivity index (χ2v) is 5.21. The van der Waals surface area contributed by atoms with Gasteiger partial charge in [-0.05, 0) is 38.8 Å². The number of furan rings is 1. The van der Waals surface area contributed by atoms with E-state index in [1.807, 2.05) is 19.1 Å². The minimum Gasteiger partial charge on any atom is -0.465 e. The molecule has 5 heteroatoms. The van der Waals surface area contributed by atoms with Crippen molar-refractivity contribution in [2.45, 2.75) is 51.6 Å². The Hall–Kier alpha value is -1.62. The first-order chi connectivity index (χ1) is 9.22. The van der Waals surface area contributed by atoms with Crippen LogP contribution in [0.2, 0.25) is 0 Å². The normalized spacial score (nSPS) is 17.4. The Morgan fingerprint density at radius 3 is 2.79 bits per heavy atom. The van der Waals surface area contributed by atoms with Gasteiger partial charge >= 0.3 is 0 Å². The molecule has 2 aromatic heterocycles. The summed E-state index contributed by atoms with van der Waals surface area (Å²) in [6, 6.07) is 4.09. The van der Waals surface area contributed by atoms with Gasteiger partial charge in [0.2, 0.25) is 11.8 Å². The van der Waals surface area contributed by atoms with Gasteiger partial charge in [0.05, 0.1) is 12.6 Å². The topological polar surface area (TPSA) is 64.1 Å². The molecule has 1 aliphatic carbocycles. The maximum Gasteiger partial charge on any atom is 0.230 e. The Morgan fingerprint density at radius 2 is 2.16 bits per heavy atom. The maximum absolute atomic E-state index is 5.66. The highest BCUT2D eigenvalue weighted by atomic mass is 16.4. The summed E-state index contributed by atoms with van der Waals surface area (Å²) >= 11 is 0. The third kappa shape index (κ3) is 2.71. The van der Waals surface area contributed by atoms with Gasteiger partial charge in [-0.2, -0.15) is 0 Å². The highest BCUT2D eigenvalue weighted by Gasteiger charge is 2.25. The van der Waals surface area contributed by atoms with E-state index in [2.05, 4.69) is 22.4 Å². The molecular weight excluding hydrogens is 242 g/mol. The van der Waals surface area contributed by atoms with Gasteiger partial charge in [0.15, 0.2) is 0 Å². The molecule has 0 aliphatic heterocycles.